The largest absolute Gasteiger partial charge is 0.454 e. The maximum atomic E-state index is 5.92. The van der Waals surface area contributed by atoms with Gasteiger partial charge in [-0.15, -0.1) is 11.3 Å². The van der Waals surface area contributed by atoms with Crippen molar-refractivity contribution in [2.24, 2.45) is 0 Å². The van der Waals surface area contributed by atoms with Gasteiger partial charge in [-0.3, -0.25) is 0 Å². The van der Waals surface area contributed by atoms with Crippen LogP contribution in [0.2, 0.25) is 0 Å². The summed E-state index contributed by atoms with van der Waals surface area (Å²) in [5, 5.41) is 3.20. The van der Waals surface area contributed by atoms with Gasteiger partial charge in [0.15, 0.2) is 9.71 Å². The molecule has 0 unspecified atom stereocenters. The Hall–Kier alpha value is -1.39. The third kappa shape index (κ3) is 1.73. The Kier molecular flexibility index (Phi) is 2.61. The molecule has 2 aromatic heterocycles. The summed E-state index contributed by atoms with van der Waals surface area (Å²) in [7, 11) is 0. The summed E-state index contributed by atoms with van der Waals surface area (Å²) in [6.45, 7) is 2.14. The van der Waals surface area contributed by atoms with Crippen LogP contribution in [-0.2, 0) is 6.42 Å². The molecule has 0 spiro atoms. The Morgan fingerprint density at radius 1 is 1.35 bits per heavy atom. The first kappa shape index (κ1) is 10.7. The van der Waals surface area contributed by atoms with E-state index in [0.717, 1.165) is 27.4 Å². The average Bonchev–Trinajstić information content (AvgIpc) is 2.91. The molecule has 17 heavy (non-hydrogen) atoms. The number of para-hydroxylation sites is 1. The van der Waals surface area contributed by atoms with Crippen LogP contribution >= 0.6 is 23.6 Å². The van der Waals surface area contributed by atoms with Gasteiger partial charge < -0.3 is 9.40 Å². The lowest BCUT2D eigenvalue weighted by Gasteiger charge is -1.96. The van der Waals surface area contributed by atoms with E-state index < -0.39 is 0 Å². The second kappa shape index (κ2) is 4.13. The lowest BCUT2D eigenvalue weighted by Crippen LogP contribution is -1.82. The number of thiazole rings is 1. The lowest BCUT2D eigenvalue weighted by atomic mass is 10.1. The van der Waals surface area contributed by atoms with Crippen LogP contribution < -0.4 is 0 Å². The predicted octanol–water partition coefficient (Wildman–Crippen LogP) is 4.78. The van der Waals surface area contributed by atoms with Crippen LogP contribution in [0.5, 0.6) is 0 Å². The molecule has 2 nitrogen and oxygen atoms in total. The molecule has 3 aromatic rings. The minimum Gasteiger partial charge on any atom is -0.454 e. The molecule has 86 valence electrons. The van der Waals surface area contributed by atoms with Gasteiger partial charge in [0.1, 0.15) is 5.58 Å². The van der Waals surface area contributed by atoms with Crippen LogP contribution in [0.4, 0.5) is 0 Å². The third-order valence-electron chi connectivity index (χ3n) is 2.82. The average molecular weight is 261 g/mol. The zero-order valence-corrected chi connectivity index (χ0v) is 11.0. The van der Waals surface area contributed by atoms with Gasteiger partial charge in [0.05, 0.1) is 5.69 Å². The Morgan fingerprint density at radius 3 is 2.88 bits per heavy atom. The van der Waals surface area contributed by atoms with E-state index in [2.05, 4.69) is 18.0 Å². The molecule has 1 aromatic carbocycles. The molecule has 2 heterocycles. The first-order chi connectivity index (χ1) is 8.29. The van der Waals surface area contributed by atoms with Gasteiger partial charge in [-0.05, 0) is 24.7 Å². The Balaban J connectivity index is 2.32. The predicted molar refractivity (Wildman–Crippen MR) is 74.1 cm³/mol. The number of rotatable bonds is 2. The molecule has 0 aliphatic rings. The van der Waals surface area contributed by atoms with Gasteiger partial charge in [0.2, 0.25) is 0 Å². The SMILES string of the molecule is CCc1c(-c2csc(=S)[nH]2)oc2ccccc12. The van der Waals surface area contributed by atoms with E-state index in [-0.39, 0.29) is 0 Å². The van der Waals surface area contributed by atoms with E-state index in [4.69, 9.17) is 16.6 Å². The van der Waals surface area contributed by atoms with E-state index >= 15 is 0 Å². The second-order valence-corrected chi connectivity index (χ2v) is 5.37. The fourth-order valence-corrected chi connectivity index (χ4v) is 2.87. The van der Waals surface area contributed by atoms with Crippen molar-refractivity contribution in [3.8, 4) is 11.5 Å². The molecule has 3 rings (SSSR count). The van der Waals surface area contributed by atoms with Gasteiger partial charge in [-0.1, -0.05) is 25.1 Å². The number of furan rings is 1. The van der Waals surface area contributed by atoms with E-state index in [1.807, 2.05) is 23.6 Å². The zero-order chi connectivity index (χ0) is 11.8. The van der Waals surface area contributed by atoms with Crippen molar-refractivity contribution in [3.05, 3.63) is 39.2 Å². The Bertz CT molecular complexity index is 720. The number of aromatic amines is 1. The minimum absolute atomic E-state index is 0.780. The van der Waals surface area contributed by atoms with Crippen LogP contribution in [0, 0.1) is 3.95 Å². The summed E-state index contributed by atoms with van der Waals surface area (Å²) >= 11 is 6.64. The molecule has 4 heteroatoms. The number of benzene rings is 1. The Morgan fingerprint density at radius 2 is 2.18 bits per heavy atom. The van der Waals surface area contributed by atoms with E-state index in [1.54, 1.807) is 0 Å². The number of nitrogens with one attached hydrogen (secondary N) is 1. The lowest BCUT2D eigenvalue weighted by molar-refractivity contribution is 0.625. The van der Waals surface area contributed by atoms with E-state index in [0.29, 0.717) is 0 Å². The molecule has 0 bridgehead atoms. The summed E-state index contributed by atoms with van der Waals surface area (Å²) in [5.41, 5.74) is 3.16. The standard InChI is InChI=1S/C13H11NOS2/c1-2-8-9-5-3-4-6-11(9)15-12(8)10-7-17-13(16)14-10/h3-7H,2H2,1H3,(H,14,16). The fraction of sp³-hybridized carbons (Fsp3) is 0.154. The molecule has 0 fully saturated rings. The number of hydrogen-bond donors (Lipinski definition) is 1. The van der Waals surface area contributed by atoms with Crippen molar-refractivity contribution in [2.75, 3.05) is 0 Å². The van der Waals surface area contributed by atoms with Gasteiger partial charge in [0.25, 0.3) is 0 Å². The summed E-state index contributed by atoms with van der Waals surface area (Å²) in [6.07, 6.45) is 0.947. The van der Waals surface area contributed by atoms with Crippen molar-refractivity contribution in [1.29, 1.82) is 0 Å². The number of fused-ring (bicyclic) bond motifs is 1. The van der Waals surface area contributed by atoms with Crippen LogP contribution in [0.15, 0.2) is 34.1 Å². The monoisotopic (exact) mass is 261 g/mol. The van der Waals surface area contributed by atoms with Gasteiger partial charge in [-0.2, -0.15) is 0 Å². The first-order valence-corrected chi connectivity index (χ1v) is 6.77. The van der Waals surface area contributed by atoms with Crippen LogP contribution in [0.25, 0.3) is 22.4 Å². The van der Waals surface area contributed by atoms with Gasteiger partial charge in [0, 0.05) is 16.3 Å². The van der Waals surface area contributed by atoms with Crippen molar-refractivity contribution >= 4 is 34.5 Å². The highest BCUT2D eigenvalue weighted by Crippen LogP contribution is 2.33. The van der Waals surface area contributed by atoms with Crippen molar-refractivity contribution in [1.82, 2.24) is 4.98 Å². The van der Waals surface area contributed by atoms with Crippen LogP contribution in [0.3, 0.4) is 0 Å². The van der Waals surface area contributed by atoms with Crippen molar-refractivity contribution < 1.29 is 4.42 Å². The molecule has 0 amide bonds. The van der Waals surface area contributed by atoms with Crippen LogP contribution in [-0.4, -0.2) is 4.98 Å². The number of aryl methyl sites for hydroxylation is 1. The summed E-state index contributed by atoms with van der Waals surface area (Å²) in [4.78, 5) is 3.17. The second-order valence-electron chi connectivity index (χ2n) is 3.82. The summed E-state index contributed by atoms with van der Waals surface area (Å²) < 4.78 is 6.70. The molecule has 1 N–H and O–H groups in total. The van der Waals surface area contributed by atoms with Crippen molar-refractivity contribution in [3.63, 3.8) is 0 Å². The van der Waals surface area contributed by atoms with E-state index in [9.17, 15) is 0 Å². The van der Waals surface area contributed by atoms with Gasteiger partial charge in [-0.25, -0.2) is 0 Å². The fourth-order valence-electron chi connectivity index (χ4n) is 2.06. The number of hydrogen-bond acceptors (Lipinski definition) is 3. The maximum Gasteiger partial charge on any atom is 0.158 e. The molecule has 0 radical (unpaired) electrons. The number of H-pyrrole nitrogens is 1. The minimum atomic E-state index is 0.780. The summed E-state index contributed by atoms with van der Waals surface area (Å²) in [6, 6.07) is 8.13. The summed E-state index contributed by atoms with van der Waals surface area (Å²) in [5.74, 6) is 0.918. The highest BCUT2D eigenvalue weighted by atomic mass is 32.1. The highest BCUT2D eigenvalue weighted by molar-refractivity contribution is 7.73. The highest BCUT2D eigenvalue weighted by Gasteiger charge is 2.14. The van der Waals surface area contributed by atoms with Crippen LogP contribution in [0.1, 0.15) is 12.5 Å². The molecule has 0 aliphatic heterocycles. The third-order valence-corrected chi connectivity index (χ3v) is 3.88. The molecule has 0 aliphatic carbocycles. The van der Waals surface area contributed by atoms with Crippen molar-refractivity contribution in [2.45, 2.75) is 13.3 Å². The molecular weight excluding hydrogens is 250 g/mol. The Labute approximate surface area is 108 Å². The molecular formula is C13H11NOS2. The quantitative estimate of drug-likeness (QED) is 0.672. The first-order valence-electron chi connectivity index (χ1n) is 5.48. The van der Waals surface area contributed by atoms with E-state index in [1.165, 1.54) is 22.3 Å². The maximum absolute atomic E-state index is 5.92. The normalized spacial score (nSPS) is 11.1. The molecule has 0 atom stereocenters. The number of aromatic nitrogens is 1. The zero-order valence-electron chi connectivity index (χ0n) is 9.32. The molecule has 0 saturated heterocycles. The topological polar surface area (TPSA) is 28.9 Å². The molecule has 0 saturated carbocycles. The van der Waals surface area contributed by atoms with Gasteiger partial charge >= 0.3 is 0 Å². The smallest absolute Gasteiger partial charge is 0.158 e.